The Kier molecular flexibility index (Phi) is 1.78. The predicted octanol–water partition coefficient (Wildman–Crippen LogP) is 0.160. The van der Waals surface area contributed by atoms with Crippen molar-refractivity contribution < 1.29 is 0 Å². The van der Waals surface area contributed by atoms with Crippen molar-refractivity contribution >= 4 is 22.3 Å². The van der Waals surface area contributed by atoms with Gasteiger partial charge in [-0.1, -0.05) is 11.3 Å². The van der Waals surface area contributed by atoms with Crippen LogP contribution in [0.15, 0.2) is 12.5 Å². The molecule has 0 aliphatic carbocycles. The van der Waals surface area contributed by atoms with Crippen LogP contribution in [0.4, 0.5) is 10.9 Å². The molecule has 0 atom stereocenters. The number of nitrogen functional groups attached to an aromatic ring is 2. The third-order valence-corrected chi connectivity index (χ3v) is 2.20. The van der Waals surface area contributed by atoms with E-state index in [4.69, 9.17) is 11.5 Å². The summed E-state index contributed by atoms with van der Waals surface area (Å²) in [6.45, 7) is 0. The van der Waals surface area contributed by atoms with Crippen LogP contribution < -0.4 is 11.5 Å². The summed E-state index contributed by atoms with van der Waals surface area (Å²) < 4.78 is 0. The molecule has 0 aliphatic rings. The van der Waals surface area contributed by atoms with Gasteiger partial charge < -0.3 is 11.5 Å². The Hall–Kier alpha value is -1.76. The molecule has 0 amide bonds. The molecule has 0 unspecified atom stereocenters. The average Bonchev–Trinajstić information content (AvgIpc) is 2.53. The second-order valence-corrected chi connectivity index (χ2v) is 3.28. The van der Waals surface area contributed by atoms with Gasteiger partial charge >= 0.3 is 0 Å². The molecule has 4 N–H and O–H groups in total. The molecule has 0 fully saturated rings. The summed E-state index contributed by atoms with van der Waals surface area (Å²) in [5, 5.41) is 8.54. The summed E-state index contributed by atoms with van der Waals surface area (Å²) in [6, 6.07) is 0. The van der Waals surface area contributed by atoms with Crippen LogP contribution in [0.25, 0.3) is 10.6 Å². The van der Waals surface area contributed by atoms with E-state index in [9.17, 15) is 0 Å². The fourth-order valence-corrected chi connectivity index (χ4v) is 1.48. The highest BCUT2D eigenvalue weighted by atomic mass is 32.1. The average molecular weight is 194 g/mol. The molecule has 0 saturated heterocycles. The number of hydrogen-bond acceptors (Lipinski definition) is 7. The minimum absolute atomic E-state index is 0.381. The van der Waals surface area contributed by atoms with Gasteiger partial charge in [0.25, 0.3) is 0 Å². The minimum atomic E-state index is 0.381. The Morgan fingerprint density at radius 2 is 2.08 bits per heavy atom. The van der Waals surface area contributed by atoms with Gasteiger partial charge in [-0.2, -0.15) is 0 Å². The smallest absolute Gasteiger partial charge is 0.203 e. The van der Waals surface area contributed by atoms with Gasteiger partial charge in [-0.15, -0.1) is 10.2 Å². The standard InChI is InChI=1S/C6H6N6S/c7-4-3(1-9-2-10-4)5-11-12-6(8)13-5/h1-2H,(H2,8,12)(H2,7,9,10). The highest BCUT2D eigenvalue weighted by Crippen LogP contribution is 2.26. The number of nitrogens with two attached hydrogens (primary N) is 2. The Bertz CT molecular complexity index is 425. The Labute approximate surface area is 77.7 Å². The number of rotatable bonds is 1. The van der Waals surface area contributed by atoms with Gasteiger partial charge in [-0.25, -0.2) is 9.97 Å². The summed E-state index contributed by atoms with van der Waals surface area (Å²) in [7, 11) is 0. The molecule has 0 aromatic carbocycles. The molecule has 2 aromatic rings. The lowest BCUT2D eigenvalue weighted by atomic mass is 10.3. The zero-order valence-corrected chi connectivity index (χ0v) is 7.32. The first-order chi connectivity index (χ1) is 6.27. The van der Waals surface area contributed by atoms with Gasteiger partial charge in [-0.05, 0) is 0 Å². The predicted molar refractivity (Wildman–Crippen MR) is 49.8 cm³/mol. The molecule has 0 radical (unpaired) electrons. The molecule has 2 aromatic heterocycles. The van der Waals surface area contributed by atoms with E-state index in [1.165, 1.54) is 17.7 Å². The molecule has 6 nitrogen and oxygen atoms in total. The number of aromatic nitrogens is 4. The molecular weight excluding hydrogens is 188 g/mol. The zero-order chi connectivity index (χ0) is 9.26. The van der Waals surface area contributed by atoms with Gasteiger partial charge in [-0.3, -0.25) is 0 Å². The normalized spacial score (nSPS) is 10.2. The first-order valence-electron chi connectivity index (χ1n) is 3.42. The fraction of sp³-hybridized carbons (Fsp3) is 0. The van der Waals surface area contributed by atoms with Gasteiger partial charge in [0.15, 0.2) is 5.01 Å². The molecular formula is C6H6N6S. The van der Waals surface area contributed by atoms with Crippen molar-refractivity contribution in [3.05, 3.63) is 12.5 Å². The van der Waals surface area contributed by atoms with Gasteiger partial charge in [0.2, 0.25) is 5.13 Å². The Balaban J connectivity index is 2.52. The maximum atomic E-state index is 5.61. The van der Waals surface area contributed by atoms with Gasteiger partial charge in [0.1, 0.15) is 12.1 Å². The summed E-state index contributed by atoms with van der Waals surface area (Å²) in [6.07, 6.45) is 2.96. The lowest BCUT2D eigenvalue weighted by molar-refractivity contribution is 1.09. The van der Waals surface area contributed by atoms with E-state index in [-0.39, 0.29) is 0 Å². The molecule has 13 heavy (non-hydrogen) atoms. The van der Waals surface area contributed by atoms with E-state index in [1.54, 1.807) is 6.20 Å². The number of hydrogen-bond donors (Lipinski definition) is 2. The zero-order valence-electron chi connectivity index (χ0n) is 6.51. The van der Waals surface area contributed by atoms with Crippen LogP contribution in [0.2, 0.25) is 0 Å². The van der Waals surface area contributed by atoms with Crippen LogP contribution in [-0.4, -0.2) is 20.2 Å². The molecule has 0 bridgehead atoms. The van der Waals surface area contributed by atoms with E-state index >= 15 is 0 Å². The van der Waals surface area contributed by atoms with Crippen LogP contribution >= 0.6 is 11.3 Å². The van der Waals surface area contributed by atoms with Gasteiger partial charge in [0.05, 0.1) is 5.56 Å². The molecule has 0 spiro atoms. The van der Waals surface area contributed by atoms with Crippen LogP contribution in [-0.2, 0) is 0 Å². The van der Waals surface area contributed by atoms with E-state index in [1.807, 2.05) is 0 Å². The molecule has 2 heterocycles. The van der Waals surface area contributed by atoms with E-state index in [0.717, 1.165) is 0 Å². The molecule has 66 valence electrons. The van der Waals surface area contributed by atoms with Crippen LogP contribution in [0.3, 0.4) is 0 Å². The first-order valence-corrected chi connectivity index (χ1v) is 4.24. The Morgan fingerprint density at radius 1 is 1.23 bits per heavy atom. The van der Waals surface area contributed by atoms with Crippen molar-refractivity contribution in [2.24, 2.45) is 0 Å². The first kappa shape index (κ1) is 7.87. The van der Waals surface area contributed by atoms with Crippen molar-refractivity contribution in [1.82, 2.24) is 20.2 Å². The van der Waals surface area contributed by atoms with Crippen molar-refractivity contribution in [1.29, 1.82) is 0 Å². The maximum Gasteiger partial charge on any atom is 0.203 e. The number of nitrogens with zero attached hydrogens (tertiary/aromatic N) is 4. The SMILES string of the molecule is Nc1nnc(-c2cncnc2N)s1. The largest absolute Gasteiger partial charge is 0.383 e. The monoisotopic (exact) mass is 194 g/mol. The minimum Gasteiger partial charge on any atom is -0.383 e. The van der Waals surface area contributed by atoms with Crippen molar-refractivity contribution in [3.63, 3.8) is 0 Å². The van der Waals surface area contributed by atoms with Crippen molar-refractivity contribution in [3.8, 4) is 10.6 Å². The molecule has 0 saturated carbocycles. The second-order valence-electron chi connectivity index (χ2n) is 2.27. The van der Waals surface area contributed by atoms with E-state index in [2.05, 4.69) is 20.2 Å². The summed E-state index contributed by atoms with van der Waals surface area (Å²) in [4.78, 5) is 7.67. The topological polar surface area (TPSA) is 104 Å². The third-order valence-electron chi connectivity index (χ3n) is 1.41. The van der Waals surface area contributed by atoms with E-state index < -0.39 is 0 Å². The Morgan fingerprint density at radius 3 is 2.69 bits per heavy atom. The highest BCUT2D eigenvalue weighted by Gasteiger charge is 2.08. The lowest BCUT2D eigenvalue weighted by Gasteiger charge is -1.96. The summed E-state index contributed by atoms with van der Waals surface area (Å²) in [5.41, 5.74) is 11.7. The van der Waals surface area contributed by atoms with Crippen LogP contribution in [0.1, 0.15) is 0 Å². The van der Waals surface area contributed by atoms with Crippen molar-refractivity contribution in [2.45, 2.75) is 0 Å². The summed E-state index contributed by atoms with van der Waals surface area (Å²) in [5.74, 6) is 0.381. The molecule has 2 rings (SSSR count). The highest BCUT2D eigenvalue weighted by molar-refractivity contribution is 7.18. The second kappa shape index (κ2) is 2.94. The van der Waals surface area contributed by atoms with Crippen molar-refractivity contribution in [2.75, 3.05) is 11.5 Å². The fourth-order valence-electron chi connectivity index (χ4n) is 0.847. The van der Waals surface area contributed by atoms with E-state index in [0.29, 0.717) is 21.5 Å². The maximum absolute atomic E-state index is 5.61. The molecule has 0 aliphatic heterocycles. The van der Waals surface area contributed by atoms with Crippen LogP contribution in [0.5, 0.6) is 0 Å². The third kappa shape index (κ3) is 1.41. The quantitative estimate of drug-likeness (QED) is 0.670. The summed E-state index contributed by atoms with van der Waals surface area (Å²) >= 11 is 1.25. The number of anilines is 2. The molecule has 7 heteroatoms. The van der Waals surface area contributed by atoms with Crippen LogP contribution in [0, 0.1) is 0 Å². The van der Waals surface area contributed by atoms with Gasteiger partial charge in [0, 0.05) is 6.20 Å². The lowest BCUT2D eigenvalue weighted by Crippen LogP contribution is -1.94.